The Labute approximate surface area is 172 Å². The fourth-order valence-electron chi connectivity index (χ4n) is 3.23. The minimum absolute atomic E-state index is 0.0193. The van der Waals surface area contributed by atoms with E-state index in [4.69, 9.17) is 9.73 Å². The van der Waals surface area contributed by atoms with Crippen molar-refractivity contribution in [2.24, 2.45) is 4.99 Å². The van der Waals surface area contributed by atoms with Crippen LogP contribution in [0.5, 0.6) is 0 Å². The number of para-hydroxylation sites is 1. The van der Waals surface area contributed by atoms with Crippen LogP contribution >= 0.6 is 0 Å². The number of nitrogens with zero attached hydrogens (tertiary/aromatic N) is 4. The van der Waals surface area contributed by atoms with Gasteiger partial charge in [-0.05, 0) is 43.9 Å². The first-order chi connectivity index (χ1) is 14.5. The first-order valence-electron chi connectivity index (χ1n) is 9.16. The lowest BCUT2D eigenvalue weighted by Crippen LogP contribution is -2.17. The number of nitro benzene ring substituents is 1. The smallest absolute Gasteiger partial charge is 0.269 e. The lowest BCUT2D eigenvalue weighted by molar-refractivity contribution is -0.384. The molecule has 3 aromatic rings. The third-order valence-corrected chi connectivity index (χ3v) is 4.74. The highest BCUT2D eigenvalue weighted by atomic mass is 16.6. The van der Waals surface area contributed by atoms with Crippen LogP contribution < -0.4 is 10.4 Å². The Bertz CT molecular complexity index is 1160. The summed E-state index contributed by atoms with van der Waals surface area (Å²) in [7, 11) is 1.31. The predicted octanol–water partition coefficient (Wildman–Crippen LogP) is 3.20. The van der Waals surface area contributed by atoms with Crippen LogP contribution in [0.15, 0.2) is 71.2 Å². The molecule has 30 heavy (non-hydrogen) atoms. The molecule has 1 N–H and O–H groups in total. The van der Waals surface area contributed by atoms with E-state index >= 15 is 0 Å². The second kappa shape index (κ2) is 7.70. The summed E-state index contributed by atoms with van der Waals surface area (Å²) in [6.45, 7) is 1.83. The molecule has 4 rings (SSSR count). The van der Waals surface area contributed by atoms with Gasteiger partial charge in [0.05, 0.1) is 28.0 Å². The van der Waals surface area contributed by atoms with E-state index in [1.54, 1.807) is 16.8 Å². The minimum atomic E-state index is -0.510. The van der Waals surface area contributed by atoms with Crippen molar-refractivity contribution >= 4 is 22.9 Å². The Balaban J connectivity index is 1.90. The summed E-state index contributed by atoms with van der Waals surface area (Å²) in [6, 6.07) is 15.6. The Hall–Kier alpha value is -4.14. The summed E-state index contributed by atoms with van der Waals surface area (Å²) < 4.78 is 6.61. The van der Waals surface area contributed by atoms with Gasteiger partial charge in [0.1, 0.15) is 5.69 Å². The number of nitro groups is 1. The van der Waals surface area contributed by atoms with Crippen molar-refractivity contribution < 1.29 is 14.8 Å². The molecule has 152 valence electrons. The molecule has 1 aliphatic heterocycles. The summed E-state index contributed by atoms with van der Waals surface area (Å²) >= 11 is 0. The molecule has 2 heterocycles. The molecule has 0 spiro atoms. The zero-order valence-electron chi connectivity index (χ0n) is 16.3. The molecule has 0 unspecified atom stereocenters. The number of ether oxygens (including phenoxy) is 1. The van der Waals surface area contributed by atoms with E-state index in [0.717, 1.165) is 5.69 Å². The molecule has 0 amide bonds. The normalized spacial score (nSPS) is 14.8. The van der Waals surface area contributed by atoms with Crippen LogP contribution in [0, 0.1) is 17.0 Å². The summed E-state index contributed by atoms with van der Waals surface area (Å²) in [5, 5.41) is 31.0. The molecule has 0 atom stereocenters. The van der Waals surface area contributed by atoms with E-state index in [1.807, 2.05) is 37.3 Å². The summed E-state index contributed by atoms with van der Waals surface area (Å²) in [6.07, 6.45) is 0.174. The molecule has 1 aliphatic rings. The van der Waals surface area contributed by atoms with Gasteiger partial charge in [-0.25, -0.2) is 9.67 Å². The highest BCUT2D eigenvalue weighted by molar-refractivity contribution is 6.05. The second-order valence-corrected chi connectivity index (χ2v) is 6.67. The largest absolute Gasteiger partial charge is 0.615 e. The van der Waals surface area contributed by atoms with Crippen LogP contribution in [0.4, 0.5) is 17.2 Å². The van der Waals surface area contributed by atoms with E-state index in [0.29, 0.717) is 34.2 Å². The third kappa shape index (κ3) is 3.48. The van der Waals surface area contributed by atoms with Crippen LogP contribution in [0.3, 0.4) is 0 Å². The number of benzene rings is 2. The molecule has 0 saturated carbocycles. The summed E-state index contributed by atoms with van der Waals surface area (Å²) in [5.41, 5.74) is 3.61. The monoisotopic (exact) mass is 404 g/mol. The van der Waals surface area contributed by atoms with E-state index < -0.39 is 10.9 Å². The molecule has 0 fully saturated rings. The van der Waals surface area contributed by atoms with Gasteiger partial charge in [-0.2, -0.15) is 5.10 Å². The maximum atomic E-state index is 12.3. The fourth-order valence-corrected chi connectivity index (χ4v) is 3.23. The lowest BCUT2D eigenvalue weighted by atomic mass is 10.1. The van der Waals surface area contributed by atoms with Gasteiger partial charge in [-0.3, -0.25) is 10.1 Å². The van der Waals surface area contributed by atoms with Crippen molar-refractivity contribution in [2.45, 2.75) is 13.3 Å². The molecular formula is C21H18N5O4-. The highest BCUT2D eigenvalue weighted by Crippen LogP contribution is 2.36. The van der Waals surface area contributed by atoms with Crippen molar-refractivity contribution in [3.05, 3.63) is 87.6 Å². The van der Waals surface area contributed by atoms with Gasteiger partial charge >= 0.3 is 0 Å². The Kier molecular flexibility index (Phi) is 4.93. The number of aryl methyl sites for hydroxylation is 1. The van der Waals surface area contributed by atoms with Gasteiger partial charge in [0.15, 0.2) is 5.82 Å². The van der Waals surface area contributed by atoms with Gasteiger partial charge in [0, 0.05) is 24.3 Å². The molecule has 2 aromatic carbocycles. The summed E-state index contributed by atoms with van der Waals surface area (Å²) in [5.74, 6) is 0.0234. The van der Waals surface area contributed by atoms with Crippen LogP contribution in [-0.2, 0) is 4.74 Å². The van der Waals surface area contributed by atoms with Gasteiger partial charge in [-0.1, -0.05) is 18.2 Å². The number of aromatic nitrogens is 2. The molecule has 1 aromatic heterocycles. The first-order valence-corrected chi connectivity index (χ1v) is 9.16. The first kappa shape index (κ1) is 19.2. The number of non-ortho nitro benzene ring substituents is 1. The molecule has 0 bridgehead atoms. The van der Waals surface area contributed by atoms with Gasteiger partial charge in [0.25, 0.3) is 5.69 Å². The summed E-state index contributed by atoms with van der Waals surface area (Å²) in [4.78, 5) is 15.3. The molecule has 0 saturated heterocycles. The number of hydrogen-bond donors (Lipinski definition) is 1. The number of rotatable bonds is 4. The number of methoxy groups -OCH3 is 1. The van der Waals surface area contributed by atoms with Gasteiger partial charge < -0.3 is 15.2 Å². The highest BCUT2D eigenvalue weighted by Gasteiger charge is 2.23. The van der Waals surface area contributed by atoms with Gasteiger partial charge in [-0.15, -0.1) is 0 Å². The van der Waals surface area contributed by atoms with Crippen molar-refractivity contribution in [1.82, 2.24) is 9.78 Å². The van der Waals surface area contributed by atoms with Crippen molar-refractivity contribution in [1.29, 1.82) is 0 Å². The third-order valence-electron chi connectivity index (χ3n) is 4.74. The molecule has 0 radical (unpaired) electrons. The fraction of sp³-hybridized carbons (Fsp3) is 0.143. The Morgan fingerprint density at radius 2 is 1.87 bits per heavy atom. The lowest BCUT2D eigenvalue weighted by Gasteiger charge is -2.17. The quantitative estimate of drug-likeness (QED) is 0.405. The number of nitrogens with one attached hydrogen (secondary N) is 1. The number of allylic oxidation sites excluding steroid dienone is 1. The van der Waals surface area contributed by atoms with Gasteiger partial charge in [0.2, 0.25) is 0 Å². The number of fused-ring (bicyclic) bond motifs is 1. The van der Waals surface area contributed by atoms with Crippen molar-refractivity contribution in [3.63, 3.8) is 0 Å². The number of hydrogen-bond acceptors (Lipinski definition) is 7. The zero-order chi connectivity index (χ0) is 21.3. The van der Waals surface area contributed by atoms with Crippen molar-refractivity contribution in [2.75, 3.05) is 12.4 Å². The molecule has 9 heteroatoms. The van der Waals surface area contributed by atoms with E-state index in [1.165, 1.54) is 19.2 Å². The van der Waals surface area contributed by atoms with Crippen LogP contribution in [0.1, 0.15) is 17.7 Å². The number of aliphatic imine (C=N–C) groups is 1. The van der Waals surface area contributed by atoms with Crippen LogP contribution in [0.2, 0.25) is 0 Å². The SMILES string of the molecule is COC([O-])=C1CC(c2ccc([N+](=O)[O-])cc2)=Nc2c(c(C)nn2-c2ccccc2)N1. The van der Waals surface area contributed by atoms with E-state index in [-0.39, 0.29) is 12.1 Å². The number of anilines is 1. The Morgan fingerprint density at radius 3 is 2.50 bits per heavy atom. The van der Waals surface area contributed by atoms with E-state index in [9.17, 15) is 15.2 Å². The molecule has 9 nitrogen and oxygen atoms in total. The maximum absolute atomic E-state index is 12.3. The average Bonchev–Trinajstić information content (AvgIpc) is 2.95. The van der Waals surface area contributed by atoms with Crippen LogP contribution in [-0.4, -0.2) is 27.5 Å². The standard InChI is InChI=1S/C21H19N5O4/c1-13-19-20(25(24-13)15-6-4-3-5-7-15)23-17(12-18(22-19)21(27)30-2)14-8-10-16(11-9-14)26(28)29/h3-11,22,27H,12H2,1-2H3/p-1. The maximum Gasteiger partial charge on any atom is 0.269 e. The molecule has 0 aliphatic carbocycles. The zero-order valence-corrected chi connectivity index (χ0v) is 16.3. The average molecular weight is 404 g/mol. The predicted molar refractivity (Wildman–Crippen MR) is 110 cm³/mol. The topological polar surface area (TPSA) is 118 Å². The minimum Gasteiger partial charge on any atom is -0.615 e. The Morgan fingerprint density at radius 1 is 1.17 bits per heavy atom. The van der Waals surface area contributed by atoms with Crippen LogP contribution in [0.25, 0.3) is 5.69 Å². The van der Waals surface area contributed by atoms with Crippen molar-refractivity contribution in [3.8, 4) is 5.69 Å². The van der Waals surface area contributed by atoms with E-state index in [2.05, 4.69) is 10.4 Å². The molecular weight excluding hydrogens is 386 g/mol. The second-order valence-electron chi connectivity index (χ2n) is 6.67.